The summed E-state index contributed by atoms with van der Waals surface area (Å²) in [6.07, 6.45) is 0. The lowest BCUT2D eigenvalue weighted by Gasteiger charge is -2.00. The molecule has 19 heavy (non-hydrogen) atoms. The molecule has 2 N–H and O–H groups in total. The summed E-state index contributed by atoms with van der Waals surface area (Å²) in [6.45, 7) is 0. The van der Waals surface area contributed by atoms with Gasteiger partial charge in [0.1, 0.15) is 0 Å². The summed E-state index contributed by atoms with van der Waals surface area (Å²) >= 11 is 0. The number of amides is 1. The van der Waals surface area contributed by atoms with Gasteiger partial charge >= 0.3 is 0 Å². The second-order valence-corrected chi connectivity index (χ2v) is 3.89. The molecule has 0 saturated carbocycles. The van der Waals surface area contributed by atoms with Crippen molar-refractivity contribution in [1.29, 1.82) is 0 Å². The van der Waals surface area contributed by atoms with Gasteiger partial charge in [-0.05, 0) is 30.2 Å². The lowest BCUT2D eigenvalue weighted by Crippen LogP contribution is -2.06. The van der Waals surface area contributed by atoms with Crippen LogP contribution in [0.3, 0.4) is 0 Å². The Balaban J connectivity index is 2.22. The third-order valence-corrected chi connectivity index (χ3v) is 2.51. The predicted octanol–water partition coefficient (Wildman–Crippen LogP) is 1.75. The van der Waals surface area contributed by atoms with Crippen LogP contribution >= 0.6 is 0 Å². The quantitative estimate of drug-likeness (QED) is 0.651. The number of rotatable bonds is 2. The van der Waals surface area contributed by atoms with Crippen molar-refractivity contribution in [2.45, 2.75) is 0 Å². The molecular weight excluding hydrogens is 238 g/mol. The van der Waals surface area contributed by atoms with Crippen molar-refractivity contribution in [3.8, 4) is 11.8 Å². The molecule has 2 rings (SSSR count). The Morgan fingerprint density at radius 2 is 1.42 bits per heavy atom. The normalized spacial score (nSPS) is 9.26. The Bertz CT molecular complexity index is 661. The third-order valence-electron chi connectivity index (χ3n) is 2.51. The zero-order valence-corrected chi connectivity index (χ0v) is 10.1. The fraction of sp³-hybridized carbons (Fsp3) is 0. The first-order valence-corrected chi connectivity index (χ1v) is 5.68. The van der Waals surface area contributed by atoms with E-state index in [1.807, 2.05) is 18.2 Å². The molecule has 0 radical (unpaired) electrons. The first-order valence-electron chi connectivity index (χ1n) is 5.68. The standard InChI is InChI=1S/C16H11NO2/c17-15(18)11-8-12-6-9-14(10-7-12)16(19)13-4-2-1-3-5-13/h1-7,9-10H,(H2,17,18). The van der Waals surface area contributed by atoms with Gasteiger partial charge in [-0.1, -0.05) is 36.3 Å². The number of nitrogens with two attached hydrogens (primary N) is 1. The summed E-state index contributed by atoms with van der Waals surface area (Å²) in [4.78, 5) is 22.6. The minimum absolute atomic E-state index is 0.0463. The molecule has 0 heterocycles. The molecule has 0 aromatic heterocycles. The second kappa shape index (κ2) is 5.65. The van der Waals surface area contributed by atoms with Gasteiger partial charge in [-0.25, -0.2) is 0 Å². The van der Waals surface area contributed by atoms with Crippen LogP contribution in [0.15, 0.2) is 54.6 Å². The average molecular weight is 249 g/mol. The van der Waals surface area contributed by atoms with E-state index in [2.05, 4.69) is 11.8 Å². The molecule has 0 fully saturated rings. The topological polar surface area (TPSA) is 60.2 Å². The molecule has 0 unspecified atom stereocenters. The Labute approximate surface area is 111 Å². The van der Waals surface area contributed by atoms with Gasteiger partial charge in [0.2, 0.25) is 0 Å². The largest absolute Gasteiger partial charge is 0.359 e. The van der Waals surface area contributed by atoms with Crippen LogP contribution < -0.4 is 5.73 Å². The number of carbonyl (C=O) groups excluding carboxylic acids is 2. The van der Waals surface area contributed by atoms with E-state index in [1.54, 1.807) is 36.4 Å². The van der Waals surface area contributed by atoms with Crippen molar-refractivity contribution in [3.05, 3.63) is 71.3 Å². The van der Waals surface area contributed by atoms with Crippen molar-refractivity contribution >= 4 is 11.7 Å². The van der Waals surface area contributed by atoms with Crippen LogP contribution in [0.25, 0.3) is 0 Å². The highest BCUT2D eigenvalue weighted by Gasteiger charge is 2.07. The fourth-order valence-corrected chi connectivity index (χ4v) is 1.59. The molecule has 1 amide bonds. The van der Waals surface area contributed by atoms with Crippen LogP contribution in [-0.4, -0.2) is 11.7 Å². The molecule has 0 aliphatic heterocycles. The Kier molecular flexibility index (Phi) is 3.75. The molecule has 2 aromatic carbocycles. The van der Waals surface area contributed by atoms with Gasteiger partial charge < -0.3 is 5.73 Å². The summed E-state index contributed by atoms with van der Waals surface area (Å²) in [5.74, 6) is 4.14. The summed E-state index contributed by atoms with van der Waals surface area (Å²) in [7, 11) is 0. The zero-order valence-electron chi connectivity index (χ0n) is 10.1. The Morgan fingerprint density at radius 1 is 0.842 bits per heavy atom. The van der Waals surface area contributed by atoms with E-state index in [9.17, 15) is 9.59 Å². The average Bonchev–Trinajstić information content (AvgIpc) is 2.46. The van der Waals surface area contributed by atoms with E-state index < -0.39 is 5.91 Å². The van der Waals surface area contributed by atoms with Crippen molar-refractivity contribution in [1.82, 2.24) is 0 Å². The van der Waals surface area contributed by atoms with Gasteiger partial charge in [-0.15, -0.1) is 0 Å². The SMILES string of the molecule is NC(=O)C#Cc1ccc(C(=O)c2ccccc2)cc1. The van der Waals surface area contributed by atoms with Crippen LogP contribution in [0.2, 0.25) is 0 Å². The highest BCUT2D eigenvalue weighted by atomic mass is 16.1. The molecule has 0 aliphatic rings. The van der Waals surface area contributed by atoms with Crippen molar-refractivity contribution in [3.63, 3.8) is 0 Å². The van der Waals surface area contributed by atoms with Crippen LogP contribution in [0, 0.1) is 11.8 Å². The highest BCUT2D eigenvalue weighted by Crippen LogP contribution is 2.10. The van der Waals surface area contributed by atoms with E-state index in [-0.39, 0.29) is 5.78 Å². The van der Waals surface area contributed by atoms with Crippen molar-refractivity contribution in [2.75, 3.05) is 0 Å². The number of carbonyl (C=O) groups is 2. The minimum Gasteiger partial charge on any atom is -0.359 e. The van der Waals surface area contributed by atoms with Gasteiger partial charge in [0.15, 0.2) is 5.78 Å². The predicted molar refractivity (Wildman–Crippen MR) is 72.4 cm³/mol. The maximum Gasteiger partial charge on any atom is 0.293 e. The second-order valence-electron chi connectivity index (χ2n) is 3.89. The van der Waals surface area contributed by atoms with Crippen LogP contribution in [0.5, 0.6) is 0 Å². The van der Waals surface area contributed by atoms with Gasteiger partial charge in [0, 0.05) is 16.7 Å². The number of hydrogen-bond donors (Lipinski definition) is 1. The van der Waals surface area contributed by atoms with Crippen LogP contribution in [0.4, 0.5) is 0 Å². The first-order chi connectivity index (χ1) is 9.16. The van der Waals surface area contributed by atoms with E-state index in [0.29, 0.717) is 16.7 Å². The van der Waals surface area contributed by atoms with Crippen LogP contribution in [0.1, 0.15) is 21.5 Å². The number of benzene rings is 2. The summed E-state index contributed by atoms with van der Waals surface area (Å²) in [5, 5.41) is 0. The molecular formula is C16H11NO2. The highest BCUT2D eigenvalue weighted by molar-refractivity contribution is 6.09. The molecule has 0 aliphatic carbocycles. The maximum absolute atomic E-state index is 12.1. The lowest BCUT2D eigenvalue weighted by atomic mass is 10.0. The number of hydrogen-bond acceptors (Lipinski definition) is 2. The van der Waals surface area contributed by atoms with Crippen molar-refractivity contribution < 1.29 is 9.59 Å². The lowest BCUT2D eigenvalue weighted by molar-refractivity contribution is -0.112. The molecule has 0 bridgehead atoms. The molecule has 92 valence electrons. The van der Waals surface area contributed by atoms with E-state index in [1.165, 1.54) is 0 Å². The Morgan fingerprint density at radius 3 is 2.00 bits per heavy atom. The molecule has 3 nitrogen and oxygen atoms in total. The summed E-state index contributed by atoms with van der Waals surface area (Å²) in [6, 6.07) is 15.8. The first kappa shape index (κ1) is 12.6. The maximum atomic E-state index is 12.1. The zero-order chi connectivity index (χ0) is 13.7. The third kappa shape index (κ3) is 3.30. The number of ketones is 1. The Hall–Kier alpha value is -2.86. The van der Waals surface area contributed by atoms with Crippen LogP contribution in [-0.2, 0) is 4.79 Å². The van der Waals surface area contributed by atoms with Crippen molar-refractivity contribution in [2.24, 2.45) is 5.73 Å². The molecule has 0 saturated heterocycles. The monoisotopic (exact) mass is 249 g/mol. The van der Waals surface area contributed by atoms with Gasteiger partial charge in [-0.3, -0.25) is 9.59 Å². The van der Waals surface area contributed by atoms with Gasteiger partial charge in [0.05, 0.1) is 0 Å². The molecule has 0 spiro atoms. The smallest absolute Gasteiger partial charge is 0.293 e. The van der Waals surface area contributed by atoms with Gasteiger partial charge in [0.25, 0.3) is 5.91 Å². The molecule has 3 heteroatoms. The number of primary amides is 1. The van der Waals surface area contributed by atoms with E-state index in [0.717, 1.165) is 0 Å². The fourth-order valence-electron chi connectivity index (χ4n) is 1.59. The molecule has 2 aromatic rings. The van der Waals surface area contributed by atoms with E-state index in [4.69, 9.17) is 5.73 Å². The molecule has 0 atom stereocenters. The summed E-state index contributed by atoms with van der Waals surface area (Å²) in [5.41, 5.74) is 6.79. The summed E-state index contributed by atoms with van der Waals surface area (Å²) < 4.78 is 0. The minimum atomic E-state index is -0.676. The van der Waals surface area contributed by atoms with E-state index >= 15 is 0 Å². The van der Waals surface area contributed by atoms with Gasteiger partial charge in [-0.2, -0.15) is 0 Å².